The third-order valence-corrected chi connectivity index (χ3v) is 6.50. The molecular weight excluding hydrogens is 300 g/mol. The Morgan fingerprint density at radius 2 is 0.792 bits per heavy atom. The van der Waals surface area contributed by atoms with Crippen LogP contribution in [0.2, 0.25) is 0 Å². The van der Waals surface area contributed by atoms with Gasteiger partial charge < -0.3 is 16.0 Å². The van der Waals surface area contributed by atoms with Crippen LogP contribution in [0.3, 0.4) is 0 Å². The fourth-order valence-electron chi connectivity index (χ4n) is 5.03. The Labute approximate surface area is 146 Å². The molecule has 4 rings (SSSR count). The van der Waals surface area contributed by atoms with Crippen molar-refractivity contribution in [1.29, 1.82) is 0 Å². The van der Waals surface area contributed by atoms with E-state index in [1.54, 1.807) is 0 Å². The van der Waals surface area contributed by atoms with Crippen molar-refractivity contribution in [2.45, 2.75) is 57.0 Å². The molecular formula is C18H36N6. The number of nitrogens with one attached hydrogen (secondary N) is 6. The molecule has 4 heterocycles. The molecule has 4 aliphatic rings. The van der Waals surface area contributed by atoms with Gasteiger partial charge in [-0.05, 0) is 75.9 Å². The van der Waals surface area contributed by atoms with Crippen LogP contribution in [0.5, 0.6) is 0 Å². The highest BCUT2D eigenvalue weighted by molar-refractivity contribution is 4.95. The normalized spacial score (nSPS) is 45.0. The number of hydrogen-bond donors (Lipinski definition) is 6. The molecule has 0 amide bonds. The summed E-state index contributed by atoms with van der Waals surface area (Å²) in [6.07, 6.45) is 9.26. The molecule has 6 nitrogen and oxygen atoms in total. The second-order valence-corrected chi connectivity index (χ2v) is 8.25. The highest BCUT2D eigenvalue weighted by atomic mass is 15.4. The predicted octanol–water partition coefficient (Wildman–Crippen LogP) is -0.254. The van der Waals surface area contributed by atoms with Crippen LogP contribution in [0.15, 0.2) is 0 Å². The van der Waals surface area contributed by atoms with E-state index in [-0.39, 0.29) is 0 Å². The Morgan fingerprint density at radius 3 is 1.04 bits per heavy atom. The van der Waals surface area contributed by atoms with Crippen LogP contribution in [0.1, 0.15) is 38.5 Å². The van der Waals surface area contributed by atoms with E-state index in [0.717, 1.165) is 19.6 Å². The zero-order chi connectivity index (χ0) is 16.2. The summed E-state index contributed by atoms with van der Waals surface area (Å²) in [6.45, 7) is 7.01. The van der Waals surface area contributed by atoms with Crippen molar-refractivity contribution < 1.29 is 0 Å². The number of piperidine rings is 3. The Hall–Kier alpha value is -0.240. The summed E-state index contributed by atoms with van der Waals surface area (Å²) in [7, 11) is 0. The lowest BCUT2D eigenvalue weighted by molar-refractivity contribution is 0.0693. The van der Waals surface area contributed by atoms with E-state index < -0.39 is 0 Å². The molecule has 4 fully saturated rings. The highest BCUT2D eigenvalue weighted by Crippen LogP contribution is 2.23. The van der Waals surface area contributed by atoms with Crippen molar-refractivity contribution in [2.24, 2.45) is 17.8 Å². The SMILES string of the molecule is C1CNCC(C2NC(C3CCCNC3)NC(C3CCCNC3)N2)C1. The predicted molar refractivity (Wildman–Crippen MR) is 97.6 cm³/mol. The minimum Gasteiger partial charge on any atom is -0.316 e. The molecule has 6 N–H and O–H groups in total. The highest BCUT2D eigenvalue weighted by Gasteiger charge is 2.38. The van der Waals surface area contributed by atoms with Gasteiger partial charge in [-0.25, -0.2) is 0 Å². The van der Waals surface area contributed by atoms with Crippen LogP contribution in [0, 0.1) is 17.8 Å². The van der Waals surface area contributed by atoms with Gasteiger partial charge in [0.1, 0.15) is 0 Å². The molecule has 0 aromatic heterocycles. The van der Waals surface area contributed by atoms with Crippen LogP contribution in [0.25, 0.3) is 0 Å². The van der Waals surface area contributed by atoms with Gasteiger partial charge in [-0.1, -0.05) is 0 Å². The van der Waals surface area contributed by atoms with Crippen LogP contribution >= 0.6 is 0 Å². The minimum absolute atomic E-state index is 0.443. The fraction of sp³-hybridized carbons (Fsp3) is 1.00. The number of rotatable bonds is 3. The van der Waals surface area contributed by atoms with Gasteiger partial charge in [0.05, 0.1) is 18.5 Å². The monoisotopic (exact) mass is 336 g/mol. The van der Waals surface area contributed by atoms with Crippen molar-refractivity contribution >= 4 is 0 Å². The van der Waals surface area contributed by atoms with E-state index >= 15 is 0 Å². The van der Waals surface area contributed by atoms with Gasteiger partial charge in [-0.2, -0.15) is 0 Å². The van der Waals surface area contributed by atoms with E-state index in [0.29, 0.717) is 36.3 Å². The Kier molecular flexibility index (Phi) is 6.04. The van der Waals surface area contributed by atoms with Crippen LogP contribution in [0.4, 0.5) is 0 Å². The minimum atomic E-state index is 0.443. The summed E-state index contributed by atoms with van der Waals surface area (Å²) in [5.41, 5.74) is 0. The lowest BCUT2D eigenvalue weighted by Crippen LogP contribution is -2.74. The van der Waals surface area contributed by atoms with E-state index in [1.807, 2.05) is 0 Å². The zero-order valence-electron chi connectivity index (χ0n) is 14.9. The van der Waals surface area contributed by atoms with Gasteiger partial charge in [0, 0.05) is 19.6 Å². The summed E-state index contributed by atoms with van der Waals surface area (Å²) >= 11 is 0. The van der Waals surface area contributed by atoms with Crippen molar-refractivity contribution in [3.63, 3.8) is 0 Å². The van der Waals surface area contributed by atoms with E-state index in [1.165, 1.54) is 58.2 Å². The Bertz CT molecular complexity index is 311. The quantitative estimate of drug-likeness (QED) is 0.427. The molecule has 0 aliphatic carbocycles. The summed E-state index contributed by atoms with van der Waals surface area (Å²) < 4.78 is 0. The van der Waals surface area contributed by atoms with Gasteiger partial charge in [-0.3, -0.25) is 16.0 Å². The molecule has 3 unspecified atom stereocenters. The van der Waals surface area contributed by atoms with Gasteiger partial charge in [-0.15, -0.1) is 0 Å². The molecule has 0 bridgehead atoms. The van der Waals surface area contributed by atoms with Crippen molar-refractivity contribution in [3.05, 3.63) is 0 Å². The maximum absolute atomic E-state index is 3.94. The first-order valence-electron chi connectivity index (χ1n) is 10.3. The summed E-state index contributed by atoms with van der Waals surface area (Å²) in [5, 5.41) is 22.6. The Balaban J connectivity index is 1.44. The van der Waals surface area contributed by atoms with Gasteiger partial charge in [0.15, 0.2) is 0 Å². The van der Waals surface area contributed by atoms with E-state index in [9.17, 15) is 0 Å². The average Bonchev–Trinajstić information content (AvgIpc) is 2.70. The van der Waals surface area contributed by atoms with E-state index in [2.05, 4.69) is 31.9 Å². The smallest absolute Gasteiger partial charge is 0.0637 e. The van der Waals surface area contributed by atoms with Crippen LogP contribution < -0.4 is 31.9 Å². The first-order chi connectivity index (χ1) is 11.9. The molecule has 0 aromatic carbocycles. The van der Waals surface area contributed by atoms with Crippen LogP contribution in [-0.2, 0) is 0 Å². The summed E-state index contributed by atoms with van der Waals surface area (Å²) in [6, 6.07) is 0. The van der Waals surface area contributed by atoms with Gasteiger partial charge >= 0.3 is 0 Å². The van der Waals surface area contributed by atoms with Crippen molar-refractivity contribution in [2.75, 3.05) is 39.3 Å². The maximum atomic E-state index is 3.94. The second kappa shape index (κ2) is 8.43. The van der Waals surface area contributed by atoms with Crippen molar-refractivity contribution in [1.82, 2.24) is 31.9 Å². The van der Waals surface area contributed by atoms with E-state index in [4.69, 9.17) is 0 Å². The Morgan fingerprint density at radius 1 is 0.458 bits per heavy atom. The molecule has 0 aromatic rings. The topological polar surface area (TPSA) is 72.2 Å². The first-order valence-corrected chi connectivity index (χ1v) is 10.3. The van der Waals surface area contributed by atoms with Gasteiger partial charge in [0.2, 0.25) is 0 Å². The van der Waals surface area contributed by atoms with Crippen molar-refractivity contribution in [3.8, 4) is 0 Å². The summed E-state index contributed by atoms with van der Waals surface area (Å²) in [4.78, 5) is 0. The second-order valence-electron chi connectivity index (χ2n) is 8.25. The van der Waals surface area contributed by atoms with Crippen LogP contribution in [-0.4, -0.2) is 57.8 Å². The summed E-state index contributed by atoms with van der Waals surface area (Å²) in [5.74, 6) is 2.12. The maximum Gasteiger partial charge on any atom is 0.0637 e. The molecule has 3 atom stereocenters. The molecule has 6 heteroatoms. The largest absolute Gasteiger partial charge is 0.316 e. The first kappa shape index (κ1) is 17.2. The lowest BCUT2D eigenvalue weighted by atomic mass is 9.88. The van der Waals surface area contributed by atoms with Gasteiger partial charge in [0.25, 0.3) is 0 Å². The number of hydrogen-bond acceptors (Lipinski definition) is 6. The molecule has 0 saturated carbocycles. The molecule has 4 saturated heterocycles. The molecule has 138 valence electrons. The fourth-order valence-corrected chi connectivity index (χ4v) is 5.03. The molecule has 0 spiro atoms. The lowest BCUT2D eigenvalue weighted by Gasteiger charge is -2.48. The average molecular weight is 337 g/mol. The molecule has 4 aliphatic heterocycles. The third-order valence-electron chi connectivity index (χ3n) is 6.50. The standard InChI is InChI=1S/C18H36N6/c1-4-13(10-19-7-1)16-22-17(14-5-2-8-20-11-14)24-18(23-16)15-6-3-9-21-12-15/h13-24H,1-12H2. The molecule has 24 heavy (non-hydrogen) atoms. The third kappa shape index (κ3) is 4.11. The molecule has 0 radical (unpaired) electrons. The zero-order valence-corrected chi connectivity index (χ0v) is 14.9.